The molecule has 13 heavy (non-hydrogen) atoms. The van der Waals surface area contributed by atoms with Crippen LogP contribution in [0.15, 0.2) is 18.2 Å². The van der Waals surface area contributed by atoms with Crippen molar-refractivity contribution in [3.63, 3.8) is 0 Å². The molecule has 1 heterocycles. The van der Waals surface area contributed by atoms with E-state index in [0.29, 0.717) is 6.61 Å². The maximum absolute atomic E-state index is 5.50. The highest BCUT2D eigenvalue weighted by Gasteiger charge is 2.06. The fourth-order valence-electron chi connectivity index (χ4n) is 1.47. The number of aromatic amines is 1. The third-order valence-corrected chi connectivity index (χ3v) is 2.02. The zero-order chi connectivity index (χ0) is 9.26. The van der Waals surface area contributed by atoms with E-state index in [1.165, 1.54) is 0 Å². The molecule has 2 aromatic rings. The molecular weight excluding hydrogens is 164 g/mol. The SMILES string of the molecule is CCOc1cccc2n[nH]c(C)c12. The van der Waals surface area contributed by atoms with Crippen molar-refractivity contribution in [1.29, 1.82) is 0 Å². The van der Waals surface area contributed by atoms with E-state index >= 15 is 0 Å². The Morgan fingerprint density at radius 1 is 1.46 bits per heavy atom. The molecule has 2 rings (SSSR count). The Kier molecular flexibility index (Phi) is 1.93. The van der Waals surface area contributed by atoms with E-state index in [2.05, 4.69) is 10.2 Å². The summed E-state index contributed by atoms with van der Waals surface area (Å²) in [4.78, 5) is 0. The van der Waals surface area contributed by atoms with Gasteiger partial charge in [-0.15, -0.1) is 0 Å². The van der Waals surface area contributed by atoms with Crippen molar-refractivity contribution in [3.05, 3.63) is 23.9 Å². The number of nitrogens with zero attached hydrogens (tertiary/aromatic N) is 1. The van der Waals surface area contributed by atoms with Crippen LogP contribution < -0.4 is 4.74 Å². The average molecular weight is 176 g/mol. The molecule has 1 aromatic heterocycles. The monoisotopic (exact) mass is 176 g/mol. The molecule has 0 unspecified atom stereocenters. The van der Waals surface area contributed by atoms with E-state index < -0.39 is 0 Å². The smallest absolute Gasteiger partial charge is 0.130 e. The number of ether oxygens (including phenoxy) is 1. The van der Waals surface area contributed by atoms with E-state index in [1.807, 2.05) is 32.0 Å². The van der Waals surface area contributed by atoms with Crippen molar-refractivity contribution in [3.8, 4) is 5.75 Å². The molecule has 1 N–H and O–H groups in total. The summed E-state index contributed by atoms with van der Waals surface area (Å²) in [6.07, 6.45) is 0. The lowest BCUT2D eigenvalue weighted by Crippen LogP contribution is -1.91. The second-order valence-electron chi connectivity index (χ2n) is 2.93. The third kappa shape index (κ3) is 1.26. The fourth-order valence-corrected chi connectivity index (χ4v) is 1.47. The highest BCUT2D eigenvalue weighted by molar-refractivity contribution is 5.87. The standard InChI is InChI=1S/C10H12N2O/c1-3-13-9-6-4-5-8-10(9)7(2)11-12-8/h4-6H,3H2,1-2H3,(H,11,12). The van der Waals surface area contributed by atoms with Gasteiger partial charge in [0.15, 0.2) is 0 Å². The first-order valence-corrected chi connectivity index (χ1v) is 4.39. The Morgan fingerprint density at radius 2 is 2.31 bits per heavy atom. The molecule has 0 amide bonds. The number of hydrogen-bond acceptors (Lipinski definition) is 2. The summed E-state index contributed by atoms with van der Waals surface area (Å²) in [5.41, 5.74) is 2.02. The summed E-state index contributed by atoms with van der Waals surface area (Å²) in [6, 6.07) is 5.89. The molecule has 0 fully saturated rings. The molecule has 0 atom stereocenters. The maximum atomic E-state index is 5.50. The van der Waals surface area contributed by atoms with Crippen LogP contribution in [0.4, 0.5) is 0 Å². The van der Waals surface area contributed by atoms with E-state index in [9.17, 15) is 0 Å². The predicted molar refractivity (Wildman–Crippen MR) is 52.0 cm³/mol. The van der Waals surface area contributed by atoms with Crippen LogP contribution in [0.25, 0.3) is 10.9 Å². The molecule has 0 spiro atoms. The zero-order valence-electron chi connectivity index (χ0n) is 7.79. The summed E-state index contributed by atoms with van der Waals surface area (Å²) >= 11 is 0. The molecule has 3 nitrogen and oxygen atoms in total. The quantitative estimate of drug-likeness (QED) is 0.762. The van der Waals surface area contributed by atoms with Crippen LogP contribution in [0.5, 0.6) is 5.75 Å². The van der Waals surface area contributed by atoms with Crippen molar-refractivity contribution in [2.45, 2.75) is 13.8 Å². The molecule has 0 bridgehead atoms. The number of rotatable bonds is 2. The Morgan fingerprint density at radius 3 is 3.08 bits per heavy atom. The Hall–Kier alpha value is -1.51. The van der Waals surface area contributed by atoms with Gasteiger partial charge in [-0.3, -0.25) is 5.10 Å². The summed E-state index contributed by atoms with van der Waals surface area (Å²) in [6.45, 7) is 4.66. The minimum atomic E-state index is 0.684. The van der Waals surface area contributed by atoms with Crippen molar-refractivity contribution in [2.24, 2.45) is 0 Å². The van der Waals surface area contributed by atoms with Crippen LogP contribution in [0, 0.1) is 6.92 Å². The van der Waals surface area contributed by atoms with Gasteiger partial charge in [0, 0.05) is 5.69 Å². The van der Waals surface area contributed by atoms with E-state index in [1.54, 1.807) is 0 Å². The fraction of sp³-hybridized carbons (Fsp3) is 0.300. The summed E-state index contributed by atoms with van der Waals surface area (Å²) < 4.78 is 5.50. The van der Waals surface area contributed by atoms with Gasteiger partial charge in [-0.05, 0) is 26.0 Å². The van der Waals surface area contributed by atoms with E-state index in [0.717, 1.165) is 22.3 Å². The van der Waals surface area contributed by atoms with Gasteiger partial charge < -0.3 is 4.74 Å². The molecule has 0 aliphatic carbocycles. The van der Waals surface area contributed by atoms with Gasteiger partial charge in [0.05, 0.1) is 17.5 Å². The Bertz CT molecular complexity index is 420. The van der Waals surface area contributed by atoms with Gasteiger partial charge in [-0.25, -0.2) is 0 Å². The number of fused-ring (bicyclic) bond motifs is 1. The second-order valence-corrected chi connectivity index (χ2v) is 2.93. The first-order chi connectivity index (χ1) is 6.33. The number of hydrogen-bond donors (Lipinski definition) is 1. The number of aromatic nitrogens is 2. The summed E-state index contributed by atoms with van der Waals surface area (Å²) in [5, 5.41) is 8.19. The maximum Gasteiger partial charge on any atom is 0.130 e. The second kappa shape index (κ2) is 3.09. The van der Waals surface area contributed by atoms with E-state index in [-0.39, 0.29) is 0 Å². The zero-order valence-corrected chi connectivity index (χ0v) is 7.79. The molecule has 0 saturated heterocycles. The van der Waals surface area contributed by atoms with Crippen LogP contribution in [-0.2, 0) is 0 Å². The number of H-pyrrole nitrogens is 1. The molecule has 3 heteroatoms. The van der Waals surface area contributed by atoms with Crippen molar-refractivity contribution in [2.75, 3.05) is 6.61 Å². The normalized spacial score (nSPS) is 10.6. The third-order valence-electron chi connectivity index (χ3n) is 2.02. The molecule has 68 valence electrons. The van der Waals surface area contributed by atoms with Gasteiger partial charge in [0.2, 0.25) is 0 Å². The molecule has 0 aliphatic rings. The van der Waals surface area contributed by atoms with Crippen LogP contribution in [-0.4, -0.2) is 16.8 Å². The van der Waals surface area contributed by atoms with Crippen molar-refractivity contribution in [1.82, 2.24) is 10.2 Å². The molecule has 0 aliphatic heterocycles. The van der Waals surface area contributed by atoms with Gasteiger partial charge in [-0.2, -0.15) is 5.10 Å². The lowest BCUT2D eigenvalue weighted by atomic mass is 10.2. The highest BCUT2D eigenvalue weighted by Crippen LogP contribution is 2.26. The molecule has 1 aromatic carbocycles. The van der Waals surface area contributed by atoms with Crippen LogP contribution in [0.2, 0.25) is 0 Å². The first-order valence-electron chi connectivity index (χ1n) is 4.39. The van der Waals surface area contributed by atoms with Gasteiger partial charge in [-0.1, -0.05) is 6.07 Å². The molecule has 0 radical (unpaired) electrons. The molecular formula is C10H12N2O. The van der Waals surface area contributed by atoms with Gasteiger partial charge >= 0.3 is 0 Å². The van der Waals surface area contributed by atoms with Crippen LogP contribution in [0.3, 0.4) is 0 Å². The Balaban J connectivity index is 2.65. The number of aryl methyl sites for hydroxylation is 1. The number of nitrogens with one attached hydrogen (secondary N) is 1. The Labute approximate surface area is 76.7 Å². The summed E-state index contributed by atoms with van der Waals surface area (Å²) in [5.74, 6) is 0.909. The molecule has 0 saturated carbocycles. The van der Waals surface area contributed by atoms with Gasteiger partial charge in [0.25, 0.3) is 0 Å². The topological polar surface area (TPSA) is 37.9 Å². The lowest BCUT2D eigenvalue weighted by Gasteiger charge is -2.03. The highest BCUT2D eigenvalue weighted by atomic mass is 16.5. The average Bonchev–Trinajstić information content (AvgIpc) is 2.50. The van der Waals surface area contributed by atoms with E-state index in [4.69, 9.17) is 4.74 Å². The number of benzene rings is 1. The summed E-state index contributed by atoms with van der Waals surface area (Å²) in [7, 11) is 0. The first kappa shape index (κ1) is 8.10. The van der Waals surface area contributed by atoms with Crippen LogP contribution in [0.1, 0.15) is 12.6 Å². The van der Waals surface area contributed by atoms with Gasteiger partial charge in [0.1, 0.15) is 5.75 Å². The van der Waals surface area contributed by atoms with Crippen molar-refractivity contribution < 1.29 is 4.74 Å². The lowest BCUT2D eigenvalue weighted by molar-refractivity contribution is 0.344. The van der Waals surface area contributed by atoms with Crippen molar-refractivity contribution >= 4 is 10.9 Å². The minimum absolute atomic E-state index is 0.684. The van der Waals surface area contributed by atoms with Crippen LogP contribution >= 0.6 is 0 Å². The predicted octanol–water partition coefficient (Wildman–Crippen LogP) is 2.27. The minimum Gasteiger partial charge on any atom is -0.493 e. The largest absolute Gasteiger partial charge is 0.493 e.